The molecule has 0 aliphatic heterocycles. The molecule has 3 aliphatic rings. The lowest BCUT2D eigenvalue weighted by Gasteiger charge is -2.35. The molecule has 1 atom stereocenters. The average molecular weight is 282 g/mol. The van der Waals surface area contributed by atoms with E-state index in [1.165, 1.54) is 27.9 Å². The second-order valence-electron chi connectivity index (χ2n) is 5.05. The summed E-state index contributed by atoms with van der Waals surface area (Å²) in [7, 11) is 0. The monoisotopic (exact) mass is 282 g/mol. The van der Waals surface area contributed by atoms with Gasteiger partial charge in [0.15, 0.2) is 0 Å². The second-order valence-corrected chi connectivity index (χ2v) is 5.05. The lowest BCUT2D eigenvalue weighted by atomic mass is 9.69. The van der Waals surface area contributed by atoms with E-state index < -0.39 is 0 Å². The zero-order chi connectivity index (χ0) is 16.0. The van der Waals surface area contributed by atoms with E-state index >= 15 is 0 Å². The SMILES string of the molecule is CC.CC.CCC1=CC(C)=C2C=CC=C3C=CC(C)=C1C32. The van der Waals surface area contributed by atoms with Gasteiger partial charge in [0.1, 0.15) is 0 Å². The largest absolute Gasteiger partial charge is 0.0683 e. The van der Waals surface area contributed by atoms with Crippen molar-refractivity contribution in [2.24, 2.45) is 5.92 Å². The molecule has 21 heavy (non-hydrogen) atoms. The maximum atomic E-state index is 2.37. The van der Waals surface area contributed by atoms with E-state index in [1.54, 1.807) is 5.57 Å². The van der Waals surface area contributed by atoms with Crippen molar-refractivity contribution in [1.29, 1.82) is 0 Å². The Morgan fingerprint density at radius 2 is 1.57 bits per heavy atom. The zero-order valence-corrected chi connectivity index (χ0v) is 14.7. The Hall–Kier alpha value is -1.56. The Labute approximate surface area is 131 Å². The summed E-state index contributed by atoms with van der Waals surface area (Å²) in [6.07, 6.45) is 14.7. The van der Waals surface area contributed by atoms with Crippen LogP contribution in [-0.4, -0.2) is 0 Å². The van der Waals surface area contributed by atoms with Gasteiger partial charge >= 0.3 is 0 Å². The topological polar surface area (TPSA) is 0 Å². The summed E-state index contributed by atoms with van der Waals surface area (Å²) >= 11 is 0. The van der Waals surface area contributed by atoms with Crippen molar-refractivity contribution in [3.05, 3.63) is 69.9 Å². The van der Waals surface area contributed by atoms with Crippen LogP contribution in [0.4, 0.5) is 0 Å². The summed E-state index contributed by atoms with van der Waals surface area (Å²) in [6.45, 7) is 14.7. The number of hydrogen-bond donors (Lipinski definition) is 0. The van der Waals surface area contributed by atoms with Crippen molar-refractivity contribution in [3.63, 3.8) is 0 Å². The summed E-state index contributed by atoms with van der Waals surface area (Å²) in [4.78, 5) is 0. The van der Waals surface area contributed by atoms with Gasteiger partial charge in [-0.15, -0.1) is 0 Å². The highest BCUT2D eigenvalue weighted by atomic mass is 14.3. The molecule has 0 aromatic carbocycles. The first-order valence-electron chi connectivity index (χ1n) is 8.41. The fourth-order valence-electron chi connectivity index (χ4n) is 3.16. The molecule has 0 N–H and O–H groups in total. The molecule has 0 saturated carbocycles. The Kier molecular flexibility index (Phi) is 6.68. The smallest absolute Gasteiger partial charge is 0.0347 e. The number of rotatable bonds is 1. The number of hydrogen-bond acceptors (Lipinski definition) is 0. The fraction of sp³-hybridized carbons (Fsp3) is 0.429. The van der Waals surface area contributed by atoms with Gasteiger partial charge in [0.2, 0.25) is 0 Å². The van der Waals surface area contributed by atoms with E-state index in [2.05, 4.69) is 57.2 Å². The van der Waals surface area contributed by atoms with E-state index in [9.17, 15) is 0 Å². The standard InChI is InChI=1S/C17H18.2C2H6/c1-4-13-10-12(3)15-7-5-6-14-9-8-11(2)16(13)17(14)15;2*1-2/h5-10,17H,4H2,1-3H3;2*1-2H3. The van der Waals surface area contributed by atoms with E-state index in [0.717, 1.165) is 6.42 Å². The van der Waals surface area contributed by atoms with Crippen LogP contribution in [0.1, 0.15) is 54.9 Å². The van der Waals surface area contributed by atoms with Crippen molar-refractivity contribution in [1.82, 2.24) is 0 Å². The molecular formula is C21H30. The highest BCUT2D eigenvalue weighted by molar-refractivity contribution is 5.64. The second kappa shape index (κ2) is 8.02. The molecule has 1 unspecified atom stereocenters. The van der Waals surface area contributed by atoms with Crippen molar-refractivity contribution < 1.29 is 0 Å². The van der Waals surface area contributed by atoms with Crippen molar-refractivity contribution in [3.8, 4) is 0 Å². The Bertz CT molecular complexity index is 557. The maximum Gasteiger partial charge on any atom is 0.0347 e. The minimum absolute atomic E-state index is 0.505. The molecule has 114 valence electrons. The molecule has 0 saturated heterocycles. The molecule has 0 amide bonds. The molecular weight excluding hydrogens is 252 g/mol. The molecule has 0 spiro atoms. The molecule has 0 nitrogen and oxygen atoms in total. The van der Waals surface area contributed by atoms with Crippen LogP contribution in [0.15, 0.2) is 69.9 Å². The molecule has 0 aromatic heterocycles. The average Bonchev–Trinajstić information content (AvgIpc) is 2.56. The van der Waals surface area contributed by atoms with Crippen LogP contribution in [0.5, 0.6) is 0 Å². The van der Waals surface area contributed by atoms with Gasteiger partial charge in [-0.2, -0.15) is 0 Å². The lowest BCUT2D eigenvalue weighted by Crippen LogP contribution is -2.20. The molecule has 0 heterocycles. The first kappa shape index (κ1) is 17.5. The Morgan fingerprint density at radius 1 is 0.905 bits per heavy atom. The van der Waals surface area contributed by atoms with Crippen LogP contribution in [-0.2, 0) is 0 Å². The first-order chi connectivity index (χ1) is 10.2. The summed E-state index contributed by atoms with van der Waals surface area (Å²) < 4.78 is 0. The molecule has 0 heteroatoms. The van der Waals surface area contributed by atoms with Crippen LogP contribution in [0.2, 0.25) is 0 Å². The lowest BCUT2D eigenvalue weighted by molar-refractivity contribution is 0.812. The van der Waals surface area contributed by atoms with Crippen molar-refractivity contribution in [2.75, 3.05) is 0 Å². The van der Waals surface area contributed by atoms with Gasteiger partial charge in [-0.25, -0.2) is 0 Å². The van der Waals surface area contributed by atoms with E-state index in [1.807, 2.05) is 27.7 Å². The highest BCUT2D eigenvalue weighted by Gasteiger charge is 2.31. The quantitative estimate of drug-likeness (QED) is 0.501. The molecule has 0 bridgehead atoms. The third kappa shape index (κ3) is 3.20. The van der Waals surface area contributed by atoms with E-state index in [4.69, 9.17) is 0 Å². The van der Waals surface area contributed by atoms with Crippen LogP contribution in [0.25, 0.3) is 0 Å². The molecule has 0 fully saturated rings. The predicted octanol–water partition coefficient (Wildman–Crippen LogP) is 6.70. The van der Waals surface area contributed by atoms with Gasteiger partial charge < -0.3 is 0 Å². The van der Waals surface area contributed by atoms with Crippen molar-refractivity contribution in [2.45, 2.75) is 54.9 Å². The Morgan fingerprint density at radius 3 is 2.19 bits per heavy atom. The Balaban J connectivity index is 0.000000510. The van der Waals surface area contributed by atoms with Crippen LogP contribution in [0.3, 0.4) is 0 Å². The zero-order valence-electron chi connectivity index (χ0n) is 14.7. The van der Waals surface area contributed by atoms with Gasteiger partial charge in [-0.1, -0.05) is 71.1 Å². The summed E-state index contributed by atoms with van der Waals surface area (Å²) in [5.41, 5.74) is 8.85. The van der Waals surface area contributed by atoms with Crippen LogP contribution >= 0.6 is 0 Å². The number of allylic oxidation sites excluding steroid dienone is 12. The fourth-order valence-corrected chi connectivity index (χ4v) is 3.16. The van der Waals surface area contributed by atoms with Crippen molar-refractivity contribution >= 4 is 0 Å². The van der Waals surface area contributed by atoms with Crippen LogP contribution < -0.4 is 0 Å². The van der Waals surface area contributed by atoms with E-state index in [-0.39, 0.29) is 0 Å². The minimum atomic E-state index is 0.505. The van der Waals surface area contributed by atoms with Gasteiger partial charge in [-0.3, -0.25) is 0 Å². The third-order valence-electron chi connectivity index (χ3n) is 4.02. The summed E-state index contributed by atoms with van der Waals surface area (Å²) in [6, 6.07) is 0. The first-order valence-corrected chi connectivity index (χ1v) is 8.41. The van der Waals surface area contributed by atoms with Gasteiger partial charge in [0.05, 0.1) is 0 Å². The summed E-state index contributed by atoms with van der Waals surface area (Å²) in [5, 5.41) is 0. The normalized spacial score (nSPS) is 21.6. The third-order valence-corrected chi connectivity index (χ3v) is 4.02. The maximum absolute atomic E-state index is 2.37. The predicted molar refractivity (Wildman–Crippen MR) is 96.3 cm³/mol. The molecule has 0 radical (unpaired) electrons. The highest BCUT2D eigenvalue weighted by Crippen LogP contribution is 2.46. The molecule has 0 aromatic rings. The van der Waals surface area contributed by atoms with Gasteiger partial charge in [0.25, 0.3) is 0 Å². The van der Waals surface area contributed by atoms with Gasteiger partial charge in [0, 0.05) is 5.92 Å². The summed E-state index contributed by atoms with van der Waals surface area (Å²) in [5.74, 6) is 0.505. The van der Waals surface area contributed by atoms with Crippen LogP contribution in [0, 0.1) is 5.92 Å². The molecule has 3 aliphatic carbocycles. The van der Waals surface area contributed by atoms with Gasteiger partial charge in [-0.05, 0) is 53.7 Å². The minimum Gasteiger partial charge on any atom is -0.0683 e. The molecule has 3 rings (SSSR count). The van der Waals surface area contributed by atoms with E-state index in [0.29, 0.717) is 5.92 Å².